The normalized spacial score (nSPS) is 9.72. The van der Waals surface area contributed by atoms with Gasteiger partial charge >= 0.3 is 0 Å². The van der Waals surface area contributed by atoms with E-state index in [-0.39, 0.29) is 0 Å². The van der Waals surface area contributed by atoms with Crippen molar-refractivity contribution in [1.29, 1.82) is 5.26 Å². The molecular weight excluding hydrogens is 226 g/mol. The van der Waals surface area contributed by atoms with Crippen LogP contribution < -0.4 is 11.1 Å². The van der Waals surface area contributed by atoms with Crippen molar-refractivity contribution >= 4 is 11.5 Å². The highest BCUT2D eigenvalue weighted by Crippen LogP contribution is 2.18. The lowest BCUT2D eigenvalue weighted by Gasteiger charge is -2.08. The molecule has 0 fully saturated rings. The van der Waals surface area contributed by atoms with Crippen molar-refractivity contribution < 1.29 is 0 Å². The fraction of sp³-hybridized carbons (Fsp3) is 0.154. The van der Waals surface area contributed by atoms with E-state index in [1.54, 1.807) is 24.7 Å². The monoisotopic (exact) mass is 239 g/mol. The molecule has 3 N–H and O–H groups in total. The maximum absolute atomic E-state index is 8.85. The number of nitrogens with zero attached hydrogens (tertiary/aromatic N) is 3. The van der Waals surface area contributed by atoms with Crippen LogP contribution in [0.5, 0.6) is 0 Å². The number of nitrogen functional groups attached to an aromatic ring is 1. The van der Waals surface area contributed by atoms with Crippen molar-refractivity contribution in [3.63, 3.8) is 0 Å². The molecule has 0 bridgehead atoms. The smallest absolute Gasteiger partial charge is 0.150 e. The third kappa shape index (κ3) is 2.74. The molecule has 0 amide bonds. The number of aromatic nitrogens is 2. The molecule has 0 spiro atoms. The van der Waals surface area contributed by atoms with Gasteiger partial charge in [0.25, 0.3) is 0 Å². The van der Waals surface area contributed by atoms with E-state index >= 15 is 0 Å². The van der Waals surface area contributed by atoms with Gasteiger partial charge < -0.3 is 11.1 Å². The Kier molecular flexibility index (Phi) is 3.72. The van der Waals surface area contributed by atoms with Crippen molar-refractivity contribution in [3.05, 3.63) is 47.9 Å². The van der Waals surface area contributed by atoms with Crippen LogP contribution in [0.25, 0.3) is 0 Å². The second kappa shape index (κ2) is 5.64. The zero-order valence-corrected chi connectivity index (χ0v) is 9.80. The fourth-order valence-corrected chi connectivity index (χ4v) is 1.59. The van der Waals surface area contributed by atoms with Crippen molar-refractivity contribution in [2.45, 2.75) is 6.42 Å². The van der Waals surface area contributed by atoms with Gasteiger partial charge in [-0.2, -0.15) is 5.26 Å². The molecule has 0 atom stereocenters. The number of nitriles is 1. The number of nitrogens with two attached hydrogens (primary N) is 1. The summed E-state index contributed by atoms with van der Waals surface area (Å²) in [6, 6.07) is 7.56. The molecule has 0 unspecified atom stereocenters. The quantitative estimate of drug-likeness (QED) is 0.845. The zero-order chi connectivity index (χ0) is 12.8. The van der Waals surface area contributed by atoms with E-state index in [0.29, 0.717) is 23.6 Å². The second-order valence-electron chi connectivity index (χ2n) is 3.76. The van der Waals surface area contributed by atoms with Crippen molar-refractivity contribution in [2.75, 3.05) is 17.6 Å². The molecule has 0 radical (unpaired) electrons. The van der Waals surface area contributed by atoms with Gasteiger partial charge in [0.15, 0.2) is 5.82 Å². The molecule has 5 heteroatoms. The molecule has 0 aromatic carbocycles. The van der Waals surface area contributed by atoms with Crippen LogP contribution in [0.3, 0.4) is 0 Å². The number of nitrogens with one attached hydrogen (secondary N) is 1. The first-order valence-corrected chi connectivity index (χ1v) is 5.58. The second-order valence-corrected chi connectivity index (χ2v) is 3.76. The summed E-state index contributed by atoms with van der Waals surface area (Å²) in [6.45, 7) is 0.704. The Morgan fingerprint density at radius 1 is 1.22 bits per heavy atom. The average molecular weight is 239 g/mol. The summed E-state index contributed by atoms with van der Waals surface area (Å²) < 4.78 is 0. The Labute approximate surface area is 105 Å². The summed E-state index contributed by atoms with van der Waals surface area (Å²) in [4.78, 5) is 8.08. The van der Waals surface area contributed by atoms with Gasteiger partial charge in [-0.3, -0.25) is 4.98 Å². The summed E-state index contributed by atoms with van der Waals surface area (Å²) in [6.07, 6.45) is 5.95. The van der Waals surface area contributed by atoms with Gasteiger partial charge in [-0.15, -0.1) is 0 Å². The number of pyridine rings is 2. The van der Waals surface area contributed by atoms with E-state index in [1.165, 1.54) is 5.56 Å². The van der Waals surface area contributed by atoms with Crippen LogP contribution in [-0.4, -0.2) is 16.5 Å². The molecule has 2 aromatic rings. The third-order valence-corrected chi connectivity index (χ3v) is 2.57. The van der Waals surface area contributed by atoms with E-state index in [2.05, 4.69) is 15.3 Å². The molecule has 0 aliphatic carbocycles. The summed E-state index contributed by atoms with van der Waals surface area (Å²) in [5.41, 5.74) is 7.84. The Hall–Kier alpha value is -2.61. The van der Waals surface area contributed by atoms with E-state index < -0.39 is 0 Å². The molecule has 2 aromatic heterocycles. The molecular formula is C13H13N5. The number of anilines is 2. The Balaban J connectivity index is 1.97. The molecule has 5 nitrogen and oxygen atoms in total. The Bertz CT molecular complexity index is 559. The predicted molar refractivity (Wildman–Crippen MR) is 69.8 cm³/mol. The molecule has 0 saturated heterocycles. The van der Waals surface area contributed by atoms with Crippen LogP contribution >= 0.6 is 0 Å². The van der Waals surface area contributed by atoms with Crippen LogP contribution in [0.4, 0.5) is 11.5 Å². The molecule has 0 aliphatic rings. The lowest BCUT2D eigenvalue weighted by atomic mass is 10.2. The minimum Gasteiger partial charge on any atom is -0.395 e. The first kappa shape index (κ1) is 11.9. The largest absolute Gasteiger partial charge is 0.395 e. The summed E-state index contributed by atoms with van der Waals surface area (Å²) in [5, 5.41) is 12.0. The van der Waals surface area contributed by atoms with E-state index in [1.807, 2.05) is 18.2 Å². The van der Waals surface area contributed by atoms with Gasteiger partial charge in [-0.25, -0.2) is 4.98 Å². The SMILES string of the molecule is N#Cc1ccnc(NCCc2ccncc2)c1N. The molecule has 18 heavy (non-hydrogen) atoms. The minimum atomic E-state index is 0.398. The Morgan fingerprint density at radius 3 is 2.72 bits per heavy atom. The zero-order valence-electron chi connectivity index (χ0n) is 9.80. The van der Waals surface area contributed by atoms with Crippen molar-refractivity contribution in [2.24, 2.45) is 0 Å². The van der Waals surface area contributed by atoms with Gasteiger partial charge in [0.1, 0.15) is 6.07 Å². The lowest BCUT2D eigenvalue weighted by Crippen LogP contribution is -2.09. The van der Waals surface area contributed by atoms with E-state index in [9.17, 15) is 0 Å². The Morgan fingerprint density at radius 2 is 2.00 bits per heavy atom. The van der Waals surface area contributed by atoms with Crippen molar-refractivity contribution in [1.82, 2.24) is 9.97 Å². The van der Waals surface area contributed by atoms with Crippen molar-refractivity contribution in [3.8, 4) is 6.07 Å². The van der Waals surface area contributed by atoms with Crippen LogP contribution in [0.2, 0.25) is 0 Å². The van der Waals surface area contributed by atoms with Crippen LogP contribution in [0.15, 0.2) is 36.8 Å². The third-order valence-electron chi connectivity index (χ3n) is 2.57. The van der Waals surface area contributed by atoms with Gasteiger partial charge in [0.2, 0.25) is 0 Å². The number of hydrogen-bond acceptors (Lipinski definition) is 5. The van der Waals surface area contributed by atoms with Gasteiger partial charge in [-0.1, -0.05) is 0 Å². The van der Waals surface area contributed by atoms with Crippen LogP contribution in [-0.2, 0) is 6.42 Å². The van der Waals surface area contributed by atoms with Gasteiger partial charge in [0.05, 0.1) is 11.3 Å². The van der Waals surface area contributed by atoms with E-state index in [0.717, 1.165) is 6.42 Å². The maximum atomic E-state index is 8.85. The molecule has 90 valence electrons. The molecule has 0 saturated carbocycles. The summed E-state index contributed by atoms with van der Waals surface area (Å²) in [7, 11) is 0. The molecule has 0 aliphatic heterocycles. The highest BCUT2D eigenvalue weighted by atomic mass is 15.0. The average Bonchev–Trinajstić information content (AvgIpc) is 2.42. The maximum Gasteiger partial charge on any atom is 0.150 e. The number of rotatable bonds is 4. The molecule has 2 rings (SSSR count). The first-order chi connectivity index (χ1) is 8.81. The molecule has 2 heterocycles. The summed E-state index contributed by atoms with van der Waals surface area (Å²) in [5.74, 6) is 0.558. The summed E-state index contributed by atoms with van der Waals surface area (Å²) >= 11 is 0. The highest BCUT2D eigenvalue weighted by Gasteiger charge is 2.04. The van der Waals surface area contributed by atoms with Gasteiger partial charge in [0, 0.05) is 25.1 Å². The highest BCUT2D eigenvalue weighted by molar-refractivity contribution is 5.68. The topological polar surface area (TPSA) is 87.6 Å². The standard InChI is InChI=1S/C13H13N5/c14-9-11-4-8-18-13(12(11)15)17-7-3-10-1-5-16-6-2-10/h1-2,4-6,8H,3,7,15H2,(H,17,18). The fourth-order valence-electron chi connectivity index (χ4n) is 1.59. The number of hydrogen-bond donors (Lipinski definition) is 2. The predicted octanol–water partition coefficient (Wildman–Crippen LogP) is 1.59. The van der Waals surface area contributed by atoms with Crippen LogP contribution in [0.1, 0.15) is 11.1 Å². The van der Waals surface area contributed by atoms with Crippen LogP contribution in [0, 0.1) is 11.3 Å². The van der Waals surface area contributed by atoms with Gasteiger partial charge in [-0.05, 0) is 30.2 Å². The lowest BCUT2D eigenvalue weighted by molar-refractivity contribution is 1.00. The minimum absolute atomic E-state index is 0.398. The first-order valence-electron chi connectivity index (χ1n) is 5.58. The van der Waals surface area contributed by atoms with E-state index in [4.69, 9.17) is 11.0 Å².